The first kappa shape index (κ1) is 12.2. The Morgan fingerprint density at radius 2 is 1.59 bits per heavy atom. The van der Waals surface area contributed by atoms with Crippen LogP contribution in [0.1, 0.15) is 16.7 Å². The molecule has 3 aromatic rings. The fraction of sp³-hybridized carbons (Fsp3) is 0. The van der Waals surface area contributed by atoms with Crippen LogP contribution >= 0.6 is 7.14 Å². The molecule has 3 aromatic carbocycles. The molecule has 0 saturated carbocycles. The molecule has 2 aliphatic heterocycles. The molecule has 1 unspecified atom stereocenters. The van der Waals surface area contributed by atoms with E-state index in [1.807, 2.05) is 36.2 Å². The molecule has 0 amide bonds. The summed E-state index contributed by atoms with van der Waals surface area (Å²) in [6.07, 6.45) is 4.13. The highest BCUT2D eigenvalue weighted by Crippen LogP contribution is 2.67. The van der Waals surface area contributed by atoms with Crippen molar-refractivity contribution in [1.82, 2.24) is 0 Å². The minimum absolute atomic E-state index is 0.983. The van der Waals surface area contributed by atoms with Crippen molar-refractivity contribution in [2.45, 2.75) is 0 Å². The van der Waals surface area contributed by atoms with Crippen LogP contribution in [-0.2, 0) is 4.57 Å². The van der Waals surface area contributed by atoms with Crippen LogP contribution in [0.3, 0.4) is 0 Å². The summed E-state index contributed by atoms with van der Waals surface area (Å²) < 4.78 is 13.8. The third-order valence-electron chi connectivity index (χ3n) is 4.61. The molecule has 0 N–H and O–H groups in total. The van der Waals surface area contributed by atoms with Gasteiger partial charge in [-0.05, 0) is 39.4 Å². The Kier molecular flexibility index (Phi) is 2.27. The Morgan fingerprint density at radius 3 is 2.55 bits per heavy atom. The fourth-order valence-corrected chi connectivity index (χ4v) is 6.49. The van der Waals surface area contributed by atoms with E-state index in [0.717, 1.165) is 38.1 Å². The quantitative estimate of drug-likeness (QED) is 0.513. The lowest BCUT2D eigenvalue weighted by Crippen LogP contribution is -2.07. The summed E-state index contributed by atoms with van der Waals surface area (Å²) in [6.45, 7) is 0. The molecule has 0 radical (unpaired) electrons. The van der Waals surface area contributed by atoms with Gasteiger partial charge in [0.2, 0.25) is 0 Å². The molecule has 0 aliphatic carbocycles. The lowest BCUT2D eigenvalue weighted by Gasteiger charge is -2.21. The van der Waals surface area contributed by atoms with E-state index in [9.17, 15) is 4.57 Å². The number of benzene rings is 3. The van der Waals surface area contributed by atoms with Gasteiger partial charge in [0.05, 0.1) is 0 Å². The van der Waals surface area contributed by atoms with E-state index in [4.69, 9.17) is 0 Å². The van der Waals surface area contributed by atoms with Crippen molar-refractivity contribution in [2.75, 3.05) is 0 Å². The fourth-order valence-electron chi connectivity index (χ4n) is 3.60. The second-order valence-electron chi connectivity index (χ2n) is 5.82. The molecule has 1 nitrogen and oxygen atoms in total. The molecular weight excluding hydrogens is 287 g/mol. The van der Waals surface area contributed by atoms with Crippen molar-refractivity contribution in [3.05, 3.63) is 83.2 Å². The predicted molar refractivity (Wildman–Crippen MR) is 94.5 cm³/mol. The molecule has 2 aliphatic rings. The van der Waals surface area contributed by atoms with Gasteiger partial charge in [-0.1, -0.05) is 66.7 Å². The molecule has 0 aromatic heterocycles. The molecule has 104 valence electrons. The highest BCUT2D eigenvalue weighted by atomic mass is 31.2. The third kappa shape index (κ3) is 1.42. The SMILES string of the molecule is O=P12C=Cc3ccccc3C1=Cc1ccc3ccccc3c12. The van der Waals surface area contributed by atoms with Crippen molar-refractivity contribution >= 4 is 40.7 Å². The second-order valence-corrected chi connectivity index (χ2v) is 8.36. The Hall–Kier alpha value is -2.37. The van der Waals surface area contributed by atoms with E-state index in [0.29, 0.717) is 0 Å². The van der Waals surface area contributed by atoms with Crippen molar-refractivity contribution in [2.24, 2.45) is 0 Å². The van der Waals surface area contributed by atoms with Crippen molar-refractivity contribution < 1.29 is 4.57 Å². The molecule has 2 heterocycles. The molecule has 0 saturated heterocycles. The third-order valence-corrected chi connectivity index (χ3v) is 7.43. The van der Waals surface area contributed by atoms with E-state index >= 15 is 0 Å². The first-order valence-electron chi connectivity index (χ1n) is 7.40. The van der Waals surface area contributed by atoms with E-state index < -0.39 is 7.14 Å². The molecule has 5 rings (SSSR count). The molecule has 0 bridgehead atoms. The molecule has 0 fully saturated rings. The van der Waals surface area contributed by atoms with Crippen LogP contribution in [0.4, 0.5) is 0 Å². The maximum absolute atomic E-state index is 13.8. The average Bonchev–Trinajstić information content (AvgIpc) is 2.88. The second kappa shape index (κ2) is 4.09. The Balaban J connectivity index is 1.90. The van der Waals surface area contributed by atoms with Gasteiger partial charge < -0.3 is 4.57 Å². The van der Waals surface area contributed by atoms with Crippen molar-refractivity contribution in [3.63, 3.8) is 0 Å². The molecule has 22 heavy (non-hydrogen) atoms. The first-order valence-corrected chi connectivity index (χ1v) is 9.18. The van der Waals surface area contributed by atoms with Gasteiger partial charge in [-0.3, -0.25) is 0 Å². The molecule has 2 heteroatoms. The van der Waals surface area contributed by atoms with Crippen molar-refractivity contribution in [3.8, 4) is 0 Å². The van der Waals surface area contributed by atoms with Crippen LogP contribution < -0.4 is 5.30 Å². The van der Waals surface area contributed by atoms with Gasteiger partial charge in [-0.25, -0.2) is 0 Å². The van der Waals surface area contributed by atoms with E-state index in [1.54, 1.807) is 0 Å². The Labute approximate surface area is 129 Å². The average molecular weight is 300 g/mol. The highest BCUT2D eigenvalue weighted by molar-refractivity contribution is 7.85. The summed E-state index contributed by atoms with van der Waals surface area (Å²) in [5.74, 6) is 1.93. The van der Waals surface area contributed by atoms with Gasteiger partial charge in [-0.15, -0.1) is 0 Å². The predicted octanol–water partition coefficient (Wildman–Crippen LogP) is 5.32. The maximum atomic E-state index is 13.8. The Bertz CT molecular complexity index is 1060. The van der Waals surface area contributed by atoms with Gasteiger partial charge in [0.25, 0.3) is 0 Å². The minimum Gasteiger partial charge on any atom is -0.309 e. The normalized spacial score (nSPS) is 21.2. The van der Waals surface area contributed by atoms with Crippen LogP contribution in [-0.4, -0.2) is 0 Å². The van der Waals surface area contributed by atoms with Crippen molar-refractivity contribution in [1.29, 1.82) is 0 Å². The van der Waals surface area contributed by atoms with E-state index in [1.165, 1.54) is 0 Å². The topological polar surface area (TPSA) is 17.1 Å². The Morgan fingerprint density at radius 1 is 0.773 bits per heavy atom. The number of hydrogen-bond donors (Lipinski definition) is 0. The molecule has 0 spiro atoms. The van der Waals surface area contributed by atoms with E-state index in [2.05, 4.69) is 42.5 Å². The highest BCUT2D eigenvalue weighted by Gasteiger charge is 2.38. The summed E-state index contributed by atoms with van der Waals surface area (Å²) in [6, 6.07) is 20.6. The lowest BCUT2D eigenvalue weighted by atomic mass is 10.0. The zero-order valence-electron chi connectivity index (χ0n) is 11.9. The zero-order valence-corrected chi connectivity index (χ0v) is 12.8. The van der Waals surface area contributed by atoms with E-state index in [-0.39, 0.29) is 0 Å². The van der Waals surface area contributed by atoms with Gasteiger partial charge in [-0.2, -0.15) is 0 Å². The van der Waals surface area contributed by atoms with Crippen LogP contribution in [0.25, 0.3) is 28.2 Å². The van der Waals surface area contributed by atoms with Crippen LogP contribution in [0.5, 0.6) is 0 Å². The largest absolute Gasteiger partial charge is 0.309 e. The summed E-state index contributed by atoms with van der Waals surface area (Å²) in [5.41, 5.74) is 3.35. The summed E-state index contributed by atoms with van der Waals surface area (Å²) in [7, 11) is -2.66. The van der Waals surface area contributed by atoms with Crippen LogP contribution in [0, 0.1) is 0 Å². The summed E-state index contributed by atoms with van der Waals surface area (Å²) in [5, 5.41) is 4.25. The van der Waals surface area contributed by atoms with Crippen LogP contribution in [0.2, 0.25) is 0 Å². The summed E-state index contributed by atoms with van der Waals surface area (Å²) >= 11 is 0. The smallest absolute Gasteiger partial charge is 0.166 e. The standard InChI is InChI=1S/C20H13OP/c21-22-12-11-15-6-1-3-7-17(15)19(22)13-16-10-9-14-5-2-4-8-18(14)20(16)22/h1-13H. The number of fused-ring (bicyclic) bond motifs is 7. The van der Waals surface area contributed by atoms with Gasteiger partial charge in [0.15, 0.2) is 7.14 Å². The van der Waals surface area contributed by atoms with Gasteiger partial charge >= 0.3 is 0 Å². The monoisotopic (exact) mass is 300 g/mol. The van der Waals surface area contributed by atoms with Crippen LogP contribution in [0.15, 0.2) is 66.5 Å². The number of hydrogen-bond acceptors (Lipinski definition) is 1. The summed E-state index contributed by atoms with van der Waals surface area (Å²) in [4.78, 5) is 0. The lowest BCUT2D eigenvalue weighted by molar-refractivity contribution is 0.593. The molecular formula is C20H13OP. The number of rotatable bonds is 0. The van der Waals surface area contributed by atoms with Gasteiger partial charge in [0.1, 0.15) is 0 Å². The molecule has 1 atom stereocenters. The first-order chi connectivity index (χ1) is 10.8. The van der Waals surface area contributed by atoms with Gasteiger partial charge in [0, 0.05) is 10.6 Å². The zero-order chi connectivity index (χ0) is 14.7. The minimum atomic E-state index is -2.66. The maximum Gasteiger partial charge on any atom is 0.166 e.